The zero-order chi connectivity index (χ0) is 21.0. The number of nitrogens with zero attached hydrogens (tertiary/aromatic N) is 1. The third-order valence-corrected chi connectivity index (χ3v) is 5.03. The Labute approximate surface area is 170 Å². The van der Waals surface area contributed by atoms with Crippen molar-refractivity contribution in [3.8, 4) is 17.2 Å². The van der Waals surface area contributed by atoms with Crippen molar-refractivity contribution in [2.24, 2.45) is 11.8 Å². The third-order valence-electron chi connectivity index (χ3n) is 5.03. The summed E-state index contributed by atoms with van der Waals surface area (Å²) in [4.78, 5) is 27.3. The van der Waals surface area contributed by atoms with E-state index in [1.807, 2.05) is 37.3 Å². The molecule has 0 aliphatic heterocycles. The molecule has 7 heteroatoms. The Hall–Kier alpha value is -3.22. The second-order valence-electron chi connectivity index (χ2n) is 6.77. The maximum Gasteiger partial charge on any atom is 0.230 e. The summed E-state index contributed by atoms with van der Waals surface area (Å²) in [5.74, 6) is 0.481. The lowest BCUT2D eigenvalue weighted by Crippen LogP contribution is -2.33. The molecule has 2 unspecified atom stereocenters. The number of methoxy groups -OCH3 is 3. The molecule has 2 atom stereocenters. The van der Waals surface area contributed by atoms with Gasteiger partial charge in [-0.3, -0.25) is 9.59 Å². The number of benzene rings is 2. The number of hydrogen-bond acceptors (Lipinski definition) is 5. The van der Waals surface area contributed by atoms with E-state index in [-0.39, 0.29) is 23.7 Å². The van der Waals surface area contributed by atoms with E-state index < -0.39 is 0 Å². The Morgan fingerprint density at radius 1 is 1.00 bits per heavy atom. The van der Waals surface area contributed by atoms with E-state index >= 15 is 0 Å². The maximum atomic E-state index is 12.9. The fourth-order valence-electron chi connectivity index (χ4n) is 3.42. The summed E-state index contributed by atoms with van der Waals surface area (Å²) in [6, 6.07) is 12.8. The molecule has 1 aliphatic carbocycles. The molecule has 1 fully saturated rings. The van der Waals surface area contributed by atoms with Gasteiger partial charge < -0.3 is 24.4 Å². The fourth-order valence-corrected chi connectivity index (χ4v) is 3.42. The van der Waals surface area contributed by atoms with Crippen molar-refractivity contribution in [3.63, 3.8) is 0 Å². The van der Waals surface area contributed by atoms with Crippen LogP contribution in [0.1, 0.15) is 13.3 Å². The van der Waals surface area contributed by atoms with Crippen LogP contribution >= 0.6 is 0 Å². The van der Waals surface area contributed by atoms with Gasteiger partial charge in [0.2, 0.25) is 17.6 Å². The number of nitrogens with one attached hydrogen (secondary N) is 1. The molecular weight excluding hydrogens is 372 g/mol. The minimum absolute atomic E-state index is 0.0243. The second kappa shape index (κ2) is 8.86. The lowest BCUT2D eigenvalue weighted by Gasteiger charge is -2.21. The first kappa shape index (κ1) is 20.5. The molecule has 7 nitrogen and oxygen atoms in total. The van der Waals surface area contributed by atoms with Crippen LogP contribution in [0.5, 0.6) is 17.2 Å². The van der Waals surface area contributed by atoms with E-state index in [0.717, 1.165) is 5.69 Å². The molecule has 0 saturated heterocycles. The van der Waals surface area contributed by atoms with Crippen molar-refractivity contribution in [2.45, 2.75) is 13.3 Å². The van der Waals surface area contributed by atoms with Gasteiger partial charge in [0.05, 0.1) is 33.2 Å². The normalized spacial score (nSPS) is 17.2. The van der Waals surface area contributed by atoms with Gasteiger partial charge in [0.15, 0.2) is 11.5 Å². The smallest absolute Gasteiger partial charge is 0.230 e. The molecule has 2 aromatic carbocycles. The van der Waals surface area contributed by atoms with Crippen LogP contribution in [0.15, 0.2) is 42.5 Å². The highest BCUT2D eigenvalue weighted by atomic mass is 16.5. The van der Waals surface area contributed by atoms with Gasteiger partial charge >= 0.3 is 0 Å². The molecule has 0 bridgehead atoms. The molecule has 0 heterocycles. The largest absolute Gasteiger partial charge is 0.493 e. The summed E-state index contributed by atoms with van der Waals surface area (Å²) in [5, 5.41) is 2.86. The van der Waals surface area contributed by atoms with Crippen LogP contribution < -0.4 is 24.4 Å². The number of rotatable bonds is 8. The van der Waals surface area contributed by atoms with Crippen molar-refractivity contribution < 1.29 is 23.8 Å². The number of para-hydroxylation sites is 1. The van der Waals surface area contributed by atoms with Gasteiger partial charge in [0.25, 0.3) is 0 Å². The SMILES string of the molecule is CCN(C(=O)C1CC1C(=O)Nc1cc(OC)c(OC)c(OC)c1)c1ccccc1. The molecule has 1 N–H and O–H groups in total. The highest BCUT2D eigenvalue weighted by molar-refractivity contribution is 6.04. The molecule has 0 spiro atoms. The third kappa shape index (κ3) is 4.29. The van der Waals surface area contributed by atoms with Crippen LogP contribution in [-0.4, -0.2) is 39.7 Å². The maximum absolute atomic E-state index is 12.9. The fraction of sp³-hybridized carbons (Fsp3) is 0.364. The Morgan fingerprint density at radius 2 is 1.62 bits per heavy atom. The minimum atomic E-state index is -0.348. The van der Waals surface area contributed by atoms with Gasteiger partial charge in [-0.25, -0.2) is 0 Å². The molecule has 3 rings (SSSR count). The van der Waals surface area contributed by atoms with Crippen molar-refractivity contribution >= 4 is 23.2 Å². The monoisotopic (exact) mass is 398 g/mol. The number of carbonyl (C=O) groups is 2. The summed E-state index contributed by atoms with van der Waals surface area (Å²) < 4.78 is 15.9. The Balaban J connectivity index is 1.69. The molecule has 2 aromatic rings. The zero-order valence-electron chi connectivity index (χ0n) is 17.1. The summed E-state index contributed by atoms with van der Waals surface area (Å²) in [6.07, 6.45) is 0.540. The van der Waals surface area contributed by atoms with E-state index in [1.165, 1.54) is 21.3 Å². The topological polar surface area (TPSA) is 77.1 Å². The second-order valence-corrected chi connectivity index (χ2v) is 6.77. The van der Waals surface area contributed by atoms with Crippen LogP contribution in [0.3, 0.4) is 0 Å². The standard InChI is InChI=1S/C22H26N2O5/c1-5-24(15-9-7-6-8-10-15)22(26)17-13-16(17)21(25)23-14-11-18(27-2)20(29-4)19(12-14)28-3/h6-12,16-17H,5,13H2,1-4H3,(H,23,25). The van der Waals surface area contributed by atoms with Crippen LogP contribution in [-0.2, 0) is 9.59 Å². The Morgan fingerprint density at radius 3 is 2.14 bits per heavy atom. The highest BCUT2D eigenvalue weighted by Gasteiger charge is 2.49. The van der Waals surface area contributed by atoms with Crippen molar-refractivity contribution in [2.75, 3.05) is 38.1 Å². The molecular formula is C22H26N2O5. The van der Waals surface area contributed by atoms with Crippen LogP contribution in [0.25, 0.3) is 0 Å². The summed E-state index contributed by atoms with van der Waals surface area (Å²) in [6.45, 7) is 2.48. The van der Waals surface area contributed by atoms with E-state index in [1.54, 1.807) is 17.0 Å². The van der Waals surface area contributed by atoms with Gasteiger partial charge in [-0.1, -0.05) is 18.2 Å². The van der Waals surface area contributed by atoms with Gasteiger partial charge in [-0.05, 0) is 25.5 Å². The highest BCUT2D eigenvalue weighted by Crippen LogP contribution is 2.43. The number of carbonyl (C=O) groups excluding carboxylic acids is 2. The lowest BCUT2D eigenvalue weighted by molar-refractivity contribution is -0.123. The molecule has 0 aromatic heterocycles. The first-order chi connectivity index (χ1) is 14.0. The molecule has 0 radical (unpaired) electrons. The lowest BCUT2D eigenvalue weighted by atomic mass is 10.2. The number of ether oxygens (including phenoxy) is 3. The first-order valence-corrected chi connectivity index (χ1v) is 9.51. The van der Waals surface area contributed by atoms with Gasteiger partial charge in [0, 0.05) is 30.1 Å². The number of amides is 2. The van der Waals surface area contributed by atoms with Gasteiger partial charge in [-0.2, -0.15) is 0 Å². The van der Waals surface area contributed by atoms with Crippen LogP contribution in [0, 0.1) is 11.8 Å². The Bertz CT molecular complexity index is 859. The average Bonchev–Trinajstić information content (AvgIpc) is 3.55. The number of hydrogen-bond donors (Lipinski definition) is 1. The molecule has 154 valence electrons. The predicted octanol–water partition coefficient (Wildman–Crippen LogP) is 3.34. The van der Waals surface area contributed by atoms with E-state index in [4.69, 9.17) is 14.2 Å². The average molecular weight is 398 g/mol. The van der Waals surface area contributed by atoms with E-state index in [0.29, 0.717) is 35.9 Å². The van der Waals surface area contributed by atoms with Crippen molar-refractivity contribution in [3.05, 3.63) is 42.5 Å². The van der Waals surface area contributed by atoms with Gasteiger partial charge in [0.1, 0.15) is 0 Å². The summed E-state index contributed by atoms with van der Waals surface area (Å²) >= 11 is 0. The minimum Gasteiger partial charge on any atom is -0.493 e. The van der Waals surface area contributed by atoms with Crippen molar-refractivity contribution in [1.82, 2.24) is 0 Å². The first-order valence-electron chi connectivity index (χ1n) is 9.51. The molecule has 1 aliphatic rings. The van der Waals surface area contributed by atoms with Crippen molar-refractivity contribution in [1.29, 1.82) is 0 Å². The number of anilines is 2. The molecule has 1 saturated carbocycles. The quantitative estimate of drug-likeness (QED) is 0.738. The van der Waals surface area contributed by atoms with E-state index in [9.17, 15) is 9.59 Å². The van der Waals surface area contributed by atoms with Crippen LogP contribution in [0.2, 0.25) is 0 Å². The molecule has 2 amide bonds. The van der Waals surface area contributed by atoms with Crippen LogP contribution in [0.4, 0.5) is 11.4 Å². The zero-order valence-corrected chi connectivity index (χ0v) is 17.1. The summed E-state index contributed by atoms with van der Waals surface area (Å²) in [5.41, 5.74) is 1.37. The van der Waals surface area contributed by atoms with E-state index in [2.05, 4.69) is 5.32 Å². The summed E-state index contributed by atoms with van der Waals surface area (Å²) in [7, 11) is 4.55. The predicted molar refractivity (Wildman–Crippen MR) is 111 cm³/mol. The molecule has 29 heavy (non-hydrogen) atoms. The Kier molecular flexibility index (Phi) is 6.26. The van der Waals surface area contributed by atoms with Gasteiger partial charge in [-0.15, -0.1) is 0 Å².